The fourth-order valence-electron chi connectivity index (χ4n) is 2.51. The fraction of sp³-hybridized carbons (Fsp3) is 0.538. The van der Waals surface area contributed by atoms with Crippen LogP contribution in [0.5, 0.6) is 5.75 Å². The standard InChI is InChI=1S/C13H19NO3S/c1-9-6-10(2)13(17-3)11(7-9)12-8-18(15,16)5-4-14-12/h6-7,12,14H,4-5,8H2,1-3H3. The summed E-state index contributed by atoms with van der Waals surface area (Å²) in [5.41, 5.74) is 3.10. The van der Waals surface area contributed by atoms with Gasteiger partial charge in [-0.3, -0.25) is 0 Å². The molecule has 0 radical (unpaired) electrons. The molecule has 1 aromatic carbocycles. The quantitative estimate of drug-likeness (QED) is 0.881. The van der Waals surface area contributed by atoms with E-state index in [4.69, 9.17) is 4.74 Å². The van der Waals surface area contributed by atoms with Crippen molar-refractivity contribution in [1.82, 2.24) is 5.32 Å². The zero-order valence-corrected chi connectivity index (χ0v) is 11.8. The topological polar surface area (TPSA) is 55.4 Å². The molecule has 0 aliphatic carbocycles. The third-order valence-electron chi connectivity index (χ3n) is 3.25. The average Bonchev–Trinajstić information content (AvgIpc) is 2.26. The highest BCUT2D eigenvalue weighted by Gasteiger charge is 2.28. The van der Waals surface area contributed by atoms with Crippen molar-refractivity contribution in [3.8, 4) is 5.75 Å². The number of methoxy groups -OCH3 is 1. The maximum atomic E-state index is 11.7. The van der Waals surface area contributed by atoms with Crippen molar-refractivity contribution in [2.24, 2.45) is 0 Å². The van der Waals surface area contributed by atoms with Gasteiger partial charge in [-0.2, -0.15) is 0 Å². The minimum absolute atomic E-state index is 0.145. The van der Waals surface area contributed by atoms with Crippen LogP contribution in [0.1, 0.15) is 22.7 Å². The zero-order valence-electron chi connectivity index (χ0n) is 11.0. The lowest BCUT2D eigenvalue weighted by Gasteiger charge is -2.26. The molecule has 5 heteroatoms. The van der Waals surface area contributed by atoms with Crippen LogP contribution in [-0.4, -0.2) is 33.6 Å². The number of sulfone groups is 1. The first kappa shape index (κ1) is 13.4. The molecular formula is C13H19NO3S. The molecule has 1 fully saturated rings. The number of rotatable bonds is 2. The lowest BCUT2D eigenvalue weighted by Crippen LogP contribution is -2.39. The van der Waals surface area contributed by atoms with E-state index in [0.717, 1.165) is 22.4 Å². The SMILES string of the molecule is COc1c(C)cc(C)cc1C1CS(=O)(=O)CCN1. The second-order valence-electron chi connectivity index (χ2n) is 4.83. The van der Waals surface area contributed by atoms with Crippen LogP contribution in [0.15, 0.2) is 12.1 Å². The first-order chi connectivity index (χ1) is 8.43. The van der Waals surface area contributed by atoms with Gasteiger partial charge in [-0.05, 0) is 19.4 Å². The average molecular weight is 269 g/mol. The maximum Gasteiger partial charge on any atom is 0.153 e. The van der Waals surface area contributed by atoms with Crippen molar-refractivity contribution in [1.29, 1.82) is 0 Å². The summed E-state index contributed by atoms with van der Waals surface area (Å²) in [6.45, 7) is 4.49. The van der Waals surface area contributed by atoms with E-state index in [2.05, 4.69) is 5.32 Å². The summed E-state index contributed by atoms with van der Waals surface area (Å²) in [6, 6.07) is 3.88. The van der Waals surface area contributed by atoms with Crippen molar-refractivity contribution in [3.05, 3.63) is 28.8 Å². The Labute approximate surface area is 108 Å². The van der Waals surface area contributed by atoms with E-state index in [0.29, 0.717) is 6.54 Å². The van der Waals surface area contributed by atoms with Crippen LogP contribution in [0, 0.1) is 13.8 Å². The molecule has 0 aromatic heterocycles. The molecular weight excluding hydrogens is 250 g/mol. The molecule has 1 aliphatic rings. The van der Waals surface area contributed by atoms with Crippen LogP contribution in [0.4, 0.5) is 0 Å². The van der Waals surface area contributed by atoms with Gasteiger partial charge in [-0.1, -0.05) is 17.7 Å². The van der Waals surface area contributed by atoms with Crippen molar-refractivity contribution >= 4 is 9.84 Å². The minimum Gasteiger partial charge on any atom is -0.496 e. The zero-order chi connectivity index (χ0) is 13.3. The molecule has 0 amide bonds. The van der Waals surface area contributed by atoms with Gasteiger partial charge < -0.3 is 10.1 Å². The van der Waals surface area contributed by atoms with Crippen molar-refractivity contribution in [2.45, 2.75) is 19.9 Å². The summed E-state index contributed by atoms with van der Waals surface area (Å²) in [5.74, 6) is 1.15. The van der Waals surface area contributed by atoms with Crippen LogP contribution in [0.3, 0.4) is 0 Å². The van der Waals surface area contributed by atoms with Gasteiger partial charge in [-0.15, -0.1) is 0 Å². The number of ether oxygens (including phenoxy) is 1. The van der Waals surface area contributed by atoms with Gasteiger partial charge in [0.25, 0.3) is 0 Å². The van der Waals surface area contributed by atoms with Crippen LogP contribution in [-0.2, 0) is 9.84 Å². The molecule has 1 heterocycles. The number of hydrogen-bond acceptors (Lipinski definition) is 4. The van der Waals surface area contributed by atoms with E-state index in [1.165, 1.54) is 0 Å². The summed E-state index contributed by atoms with van der Waals surface area (Å²) in [6.07, 6.45) is 0. The molecule has 1 aromatic rings. The Kier molecular flexibility index (Phi) is 3.64. The van der Waals surface area contributed by atoms with E-state index in [9.17, 15) is 8.42 Å². The van der Waals surface area contributed by atoms with E-state index in [1.54, 1.807) is 7.11 Å². The number of nitrogens with one attached hydrogen (secondary N) is 1. The van der Waals surface area contributed by atoms with E-state index < -0.39 is 9.84 Å². The summed E-state index contributed by atoms with van der Waals surface area (Å²) >= 11 is 0. The lowest BCUT2D eigenvalue weighted by molar-refractivity contribution is 0.398. The molecule has 1 unspecified atom stereocenters. The van der Waals surface area contributed by atoms with Gasteiger partial charge in [0.1, 0.15) is 5.75 Å². The number of hydrogen-bond donors (Lipinski definition) is 1. The predicted octanol–water partition coefficient (Wildman–Crippen LogP) is 1.37. The number of aryl methyl sites for hydroxylation is 2. The van der Waals surface area contributed by atoms with Crippen molar-refractivity contribution in [3.63, 3.8) is 0 Å². The van der Waals surface area contributed by atoms with Gasteiger partial charge in [-0.25, -0.2) is 8.42 Å². The molecule has 1 saturated heterocycles. The van der Waals surface area contributed by atoms with Gasteiger partial charge >= 0.3 is 0 Å². The first-order valence-electron chi connectivity index (χ1n) is 6.02. The lowest BCUT2D eigenvalue weighted by atomic mass is 10.0. The summed E-state index contributed by atoms with van der Waals surface area (Å²) in [5, 5.41) is 3.26. The Hall–Kier alpha value is -1.07. The second kappa shape index (κ2) is 4.90. The Morgan fingerprint density at radius 3 is 2.67 bits per heavy atom. The highest BCUT2D eigenvalue weighted by Crippen LogP contribution is 2.32. The largest absolute Gasteiger partial charge is 0.496 e. The maximum absolute atomic E-state index is 11.7. The Balaban J connectivity index is 2.44. The van der Waals surface area contributed by atoms with E-state index in [1.807, 2.05) is 26.0 Å². The molecule has 1 N–H and O–H groups in total. The summed E-state index contributed by atoms with van der Waals surface area (Å²) < 4.78 is 28.9. The van der Waals surface area contributed by atoms with Gasteiger partial charge in [0.2, 0.25) is 0 Å². The van der Waals surface area contributed by atoms with Crippen molar-refractivity contribution in [2.75, 3.05) is 25.2 Å². The summed E-state index contributed by atoms with van der Waals surface area (Å²) in [4.78, 5) is 0. The molecule has 18 heavy (non-hydrogen) atoms. The van der Waals surface area contributed by atoms with Crippen LogP contribution < -0.4 is 10.1 Å². The molecule has 2 rings (SSSR count). The van der Waals surface area contributed by atoms with Crippen LogP contribution >= 0.6 is 0 Å². The highest BCUT2D eigenvalue weighted by molar-refractivity contribution is 7.91. The van der Waals surface area contributed by atoms with Gasteiger partial charge in [0, 0.05) is 18.2 Å². The van der Waals surface area contributed by atoms with Gasteiger partial charge in [0.05, 0.1) is 18.6 Å². The Bertz CT molecular complexity index is 552. The van der Waals surface area contributed by atoms with E-state index in [-0.39, 0.29) is 17.5 Å². The summed E-state index contributed by atoms with van der Waals surface area (Å²) in [7, 11) is -1.33. The van der Waals surface area contributed by atoms with Crippen molar-refractivity contribution < 1.29 is 13.2 Å². The van der Waals surface area contributed by atoms with Crippen LogP contribution in [0.25, 0.3) is 0 Å². The Morgan fingerprint density at radius 2 is 2.06 bits per heavy atom. The first-order valence-corrected chi connectivity index (χ1v) is 7.84. The fourth-order valence-corrected chi connectivity index (χ4v) is 3.91. The molecule has 1 atom stereocenters. The molecule has 4 nitrogen and oxygen atoms in total. The monoisotopic (exact) mass is 269 g/mol. The second-order valence-corrected chi connectivity index (χ2v) is 7.05. The third kappa shape index (κ3) is 2.67. The third-order valence-corrected chi connectivity index (χ3v) is 4.92. The number of benzene rings is 1. The smallest absolute Gasteiger partial charge is 0.153 e. The molecule has 1 aliphatic heterocycles. The minimum atomic E-state index is -2.95. The normalized spacial score (nSPS) is 22.7. The molecule has 0 saturated carbocycles. The van der Waals surface area contributed by atoms with Gasteiger partial charge in [0.15, 0.2) is 9.84 Å². The highest BCUT2D eigenvalue weighted by atomic mass is 32.2. The molecule has 0 bridgehead atoms. The molecule has 100 valence electrons. The van der Waals surface area contributed by atoms with E-state index >= 15 is 0 Å². The predicted molar refractivity (Wildman–Crippen MR) is 71.9 cm³/mol. The molecule has 0 spiro atoms. The van der Waals surface area contributed by atoms with Crippen LogP contribution in [0.2, 0.25) is 0 Å². The Morgan fingerprint density at radius 1 is 1.33 bits per heavy atom.